The van der Waals surface area contributed by atoms with E-state index >= 15 is 0 Å². The van der Waals surface area contributed by atoms with Crippen molar-refractivity contribution in [1.29, 1.82) is 0 Å². The Morgan fingerprint density at radius 2 is 2.06 bits per heavy atom. The van der Waals surface area contributed by atoms with E-state index in [-0.39, 0.29) is 5.69 Å². The Kier molecular flexibility index (Phi) is 6.99. The molecule has 3 rings (SSSR count). The maximum absolute atomic E-state index is 13.2. The summed E-state index contributed by atoms with van der Waals surface area (Å²) < 4.78 is 51.5. The zero-order valence-electron chi connectivity index (χ0n) is 18.2. The first-order valence-corrected chi connectivity index (χ1v) is 10.8. The number of nitrogens with one attached hydrogen (secondary N) is 1. The van der Waals surface area contributed by atoms with Crippen molar-refractivity contribution < 1.29 is 27.1 Å². The van der Waals surface area contributed by atoms with Gasteiger partial charge in [0.25, 0.3) is 0 Å². The van der Waals surface area contributed by atoms with E-state index in [9.17, 15) is 18.0 Å². The van der Waals surface area contributed by atoms with Crippen LogP contribution < -0.4 is 5.32 Å². The number of hydrogen-bond acceptors (Lipinski definition) is 6. The molecule has 0 atom stereocenters. The Balaban J connectivity index is 1.63. The first-order valence-electron chi connectivity index (χ1n) is 9.88. The lowest BCUT2D eigenvalue weighted by molar-refractivity contribution is -0.141. The molecule has 3 aromatic heterocycles. The molecule has 0 aliphatic carbocycles. The third-order valence-electron chi connectivity index (χ3n) is 4.29. The van der Waals surface area contributed by atoms with Crippen molar-refractivity contribution in [2.45, 2.75) is 39.1 Å². The SMILES string of the molecule is CN(CCNCc1cc(-n2nc(C(F)(F)F)cc2-c2ccco2)cs1)C(=O)OC(C)(C)C. The molecular weight excluding hydrogens is 445 g/mol. The molecule has 174 valence electrons. The highest BCUT2D eigenvalue weighted by molar-refractivity contribution is 7.10. The van der Waals surface area contributed by atoms with Crippen molar-refractivity contribution in [3.05, 3.63) is 46.5 Å². The summed E-state index contributed by atoms with van der Waals surface area (Å²) >= 11 is 1.40. The number of thiophene rings is 1. The van der Waals surface area contributed by atoms with Gasteiger partial charge in [-0.25, -0.2) is 9.48 Å². The van der Waals surface area contributed by atoms with Gasteiger partial charge >= 0.3 is 12.3 Å². The maximum Gasteiger partial charge on any atom is 0.435 e. The van der Waals surface area contributed by atoms with Gasteiger partial charge in [0.2, 0.25) is 0 Å². The predicted octanol–water partition coefficient (Wildman–Crippen LogP) is 5.17. The number of likely N-dealkylation sites (N-methyl/N-ethyl adjacent to an activating group) is 1. The molecule has 0 unspecified atom stereocenters. The van der Waals surface area contributed by atoms with Crippen LogP contribution in [0.15, 0.2) is 40.3 Å². The quantitative estimate of drug-likeness (QED) is 0.483. The molecule has 0 aliphatic rings. The van der Waals surface area contributed by atoms with Crippen LogP contribution in [-0.2, 0) is 17.5 Å². The molecule has 0 saturated heterocycles. The molecule has 0 spiro atoms. The predicted molar refractivity (Wildman–Crippen MR) is 115 cm³/mol. The summed E-state index contributed by atoms with van der Waals surface area (Å²) in [6.45, 7) is 6.89. The number of carbonyl (C=O) groups is 1. The normalized spacial score (nSPS) is 12.2. The Labute approximate surface area is 187 Å². The average Bonchev–Trinajstić information content (AvgIpc) is 3.42. The second kappa shape index (κ2) is 9.37. The van der Waals surface area contributed by atoms with Crippen LogP contribution >= 0.6 is 11.3 Å². The number of rotatable bonds is 7. The first-order chi connectivity index (χ1) is 14.9. The van der Waals surface area contributed by atoms with Crippen molar-refractivity contribution in [1.82, 2.24) is 20.0 Å². The molecule has 3 aromatic rings. The third-order valence-corrected chi connectivity index (χ3v) is 5.21. The molecule has 1 N–H and O–H groups in total. The van der Waals surface area contributed by atoms with Crippen molar-refractivity contribution in [3.63, 3.8) is 0 Å². The van der Waals surface area contributed by atoms with Gasteiger partial charge in [0.05, 0.1) is 12.0 Å². The monoisotopic (exact) mass is 470 g/mol. The highest BCUT2D eigenvalue weighted by Crippen LogP contribution is 2.34. The second-order valence-corrected chi connectivity index (χ2v) is 9.15. The van der Waals surface area contributed by atoms with Gasteiger partial charge in [0.15, 0.2) is 11.5 Å². The number of furan rings is 1. The fraction of sp³-hybridized carbons (Fsp3) is 0.429. The van der Waals surface area contributed by atoms with Crippen LogP contribution in [0.25, 0.3) is 17.1 Å². The van der Waals surface area contributed by atoms with Crippen molar-refractivity contribution in [2.75, 3.05) is 20.1 Å². The van der Waals surface area contributed by atoms with E-state index in [0.29, 0.717) is 31.1 Å². The second-order valence-electron chi connectivity index (χ2n) is 8.15. The van der Waals surface area contributed by atoms with Gasteiger partial charge in [-0.05, 0) is 39.0 Å². The molecule has 0 radical (unpaired) electrons. The van der Waals surface area contributed by atoms with E-state index in [1.807, 2.05) is 0 Å². The molecule has 11 heteroatoms. The van der Waals surface area contributed by atoms with E-state index in [0.717, 1.165) is 10.9 Å². The minimum Gasteiger partial charge on any atom is -0.463 e. The first kappa shape index (κ1) is 23.9. The summed E-state index contributed by atoms with van der Waals surface area (Å²) in [6.07, 6.45) is -3.56. The fourth-order valence-corrected chi connectivity index (χ4v) is 3.59. The topological polar surface area (TPSA) is 72.5 Å². The lowest BCUT2D eigenvalue weighted by Crippen LogP contribution is -2.37. The number of hydrogen-bond donors (Lipinski definition) is 1. The number of halogens is 3. The summed E-state index contributed by atoms with van der Waals surface area (Å²) in [5, 5.41) is 8.71. The minimum atomic E-state index is -4.56. The van der Waals surface area contributed by atoms with Crippen LogP contribution in [0.5, 0.6) is 0 Å². The summed E-state index contributed by atoms with van der Waals surface area (Å²) in [7, 11) is 1.66. The molecule has 3 heterocycles. The number of ether oxygens (including phenoxy) is 1. The fourth-order valence-electron chi connectivity index (χ4n) is 2.78. The number of aromatic nitrogens is 2. The summed E-state index contributed by atoms with van der Waals surface area (Å²) in [5.41, 5.74) is -0.808. The number of nitrogens with zero attached hydrogens (tertiary/aromatic N) is 3. The molecule has 0 aromatic carbocycles. The molecule has 0 fully saturated rings. The number of alkyl halides is 3. The lowest BCUT2D eigenvalue weighted by Gasteiger charge is -2.24. The number of amides is 1. The Morgan fingerprint density at radius 3 is 2.69 bits per heavy atom. The van der Waals surface area contributed by atoms with Crippen LogP contribution in [0.3, 0.4) is 0 Å². The van der Waals surface area contributed by atoms with Gasteiger partial charge in [-0.3, -0.25) is 0 Å². The average molecular weight is 471 g/mol. The van der Waals surface area contributed by atoms with Crippen molar-refractivity contribution in [3.8, 4) is 17.1 Å². The molecular formula is C21H25F3N4O3S. The van der Waals surface area contributed by atoms with Gasteiger partial charge in [0.1, 0.15) is 11.3 Å². The highest BCUT2D eigenvalue weighted by Gasteiger charge is 2.35. The maximum atomic E-state index is 13.2. The summed E-state index contributed by atoms with van der Waals surface area (Å²) in [6, 6.07) is 5.94. The summed E-state index contributed by atoms with van der Waals surface area (Å²) in [4.78, 5) is 14.4. The summed E-state index contributed by atoms with van der Waals surface area (Å²) in [5.74, 6) is 0.295. The zero-order valence-corrected chi connectivity index (χ0v) is 19.0. The Morgan fingerprint density at radius 1 is 1.31 bits per heavy atom. The van der Waals surface area contributed by atoms with E-state index in [1.165, 1.54) is 27.2 Å². The van der Waals surface area contributed by atoms with Gasteiger partial charge in [-0.2, -0.15) is 18.3 Å². The third kappa shape index (κ3) is 6.13. The molecule has 32 heavy (non-hydrogen) atoms. The standard InChI is InChI=1S/C21H25F3N4O3S/c1-20(2,3)31-19(29)27(4)8-7-25-12-15-10-14(13-32-15)28-16(17-6-5-9-30-17)11-18(26-28)21(22,23)24/h5-6,9-11,13,25H,7-8,12H2,1-4H3. The Hall–Kier alpha value is -2.79. The van der Waals surface area contributed by atoms with Crippen LogP contribution in [0, 0.1) is 0 Å². The van der Waals surface area contributed by atoms with Crippen molar-refractivity contribution in [2.24, 2.45) is 0 Å². The van der Waals surface area contributed by atoms with Gasteiger partial charge in [-0.15, -0.1) is 11.3 Å². The van der Waals surface area contributed by atoms with Crippen LogP contribution in [-0.4, -0.2) is 46.5 Å². The zero-order chi connectivity index (χ0) is 23.5. The van der Waals surface area contributed by atoms with Crippen LogP contribution in [0.4, 0.5) is 18.0 Å². The van der Waals surface area contributed by atoms with Gasteiger partial charge in [-0.1, -0.05) is 0 Å². The van der Waals surface area contributed by atoms with Crippen LogP contribution in [0.1, 0.15) is 31.3 Å². The molecule has 1 amide bonds. The molecule has 7 nitrogen and oxygen atoms in total. The number of carbonyl (C=O) groups excluding carboxylic acids is 1. The highest BCUT2D eigenvalue weighted by atomic mass is 32.1. The van der Waals surface area contributed by atoms with E-state index < -0.39 is 23.6 Å². The molecule has 0 bridgehead atoms. The van der Waals surface area contributed by atoms with Crippen LogP contribution in [0.2, 0.25) is 0 Å². The van der Waals surface area contributed by atoms with Gasteiger partial charge < -0.3 is 19.4 Å². The smallest absolute Gasteiger partial charge is 0.435 e. The Bertz CT molecular complexity index is 1040. The minimum absolute atomic E-state index is 0.221. The van der Waals surface area contributed by atoms with E-state index in [1.54, 1.807) is 51.4 Å². The molecule has 0 aliphatic heterocycles. The largest absolute Gasteiger partial charge is 0.463 e. The van der Waals surface area contributed by atoms with E-state index in [2.05, 4.69) is 10.4 Å². The van der Waals surface area contributed by atoms with Crippen molar-refractivity contribution >= 4 is 17.4 Å². The van der Waals surface area contributed by atoms with Gasteiger partial charge in [0, 0.05) is 43.0 Å². The molecule has 0 saturated carbocycles. The lowest BCUT2D eigenvalue weighted by atomic mass is 10.2. The van der Waals surface area contributed by atoms with E-state index in [4.69, 9.17) is 9.15 Å².